The van der Waals surface area contributed by atoms with Crippen LogP contribution in [0.1, 0.15) is 66.7 Å². The van der Waals surface area contributed by atoms with Crippen LogP contribution in [0.25, 0.3) is 0 Å². The van der Waals surface area contributed by atoms with E-state index in [1.54, 1.807) is 0 Å². The highest BCUT2D eigenvalue weighted by molar-refractivity contribution is 5.15. The van der Waals surface area contributed by atoms with E-state index in [0.29, 0.717) is 10.8 Å². The highest BCUT2D eigenvalue weighted by Gasteiger charge is 2.67. The lowest BCUT2D eigenvalue weighted by molar-refractivity contribution is 0.352. The first-order chi connectivity index (χ1) is 6.06. The average molecular weight is 182 g/mol. The topological polar surface area (TPSA) is 0 Å². The molecule has 78 valence electrons. The van der Waals surface area contributed by atoms with Crippen molar-refractivity contribution in [3.8, 4) is 0 Å². The third-order valence-corrected chi connectivity index (χ3v) is 4.84. The first kappa shape index (κ1) is 11.1. The Kier molecular flexibility index (Phi) is 3.09. The van der Waals surface area contributed by atoms with Gasteiger partial charge in [-0.25, -0.2) is 0 Å². The molecule has 1 fully saturated rings. The summed E-state index contributed by atoms with van der Waals surface area (Å²) in [6.45, 7) is 12.0. The van der Waals surface area contributed by atoms with Crippen molar-refractivity contribution in [3.63, 3.8) is 0 Å². The van der Waals surface area contributed by atoms with Crippen LogP contribution in [0.3, 0.4) is 0 Å². The Balaban J connectivity index is 2.65. The van der Waals surface area contributed by atoms with E-state index in [1.165, 1.54) is 32.1 Å². The van der Waals surface area contributed by atoms with Crippen LogP contribution in [0.2, 0.25) is 0 Å². The zero-order chi connectivity index (χ0) is 10.1. The molecule has 0 aromatic carbocycles. The van der Waals surface area contributed by atoms with Crippen LogP contribution in [0.15, 0.2) is 0 Å². The minimum Gasteiger partial charge on any atom is -0.0654 e. The minimum atomic E-state index is 0.666. The molecule has 0 heterocycles. The van der Waals surface area contributed by atoms with Crippen molar-refractivity contribution in [1.29, 1.82) is 0 Å². The van der Waals surface area contributed by atoms with E-state index in [1.807, 2.05) is 0 Å². The summed E-state index contributed by atoms with van der Waals surface area (Å²) in [5.74, 6) is 1.01. The first-order valence-electron chi connectivity index (χ1n) is 6.06. The Morgan fingerprint density at radius 3 is 1.92 bits per heavy atom. The van der Waals surface area contributed by atoms with Gasteiger partial charge in [-0.05, 0) is 36.0 Å². The van der Waals surface area contributed by atoms with Gasteiger partial charge in [-0.15, -0.1) is 0 Å². The molecule has 3 atom stereocenters. The molecule has 0 heteroatoms. The molecule has 0 aromatic rings. The summed E-state index contributed by atoms with van der Waals surface area (Å²) < 4.78 is 0. The molecule has 0 aliphatic heterocycles. The van der Waals surface area contributed by atoms with Gasteiger partial charge >= 0.3 is 0 Å². The maximum atomic E-state index is 2.51. The number of hydrogen-bond donors (Lipinski definition) is 0. The largest absolute Gasteiger partial charge is 0.0654 e. The van der Waals surface area contributed by atoms with Crippen LogP contribution >= 0.6 is 0 Å². The second-order valence-electron chi connectivity index (χ2n) is 5.28. The lowest BCUT2D eigenvalue weighted by Gasteiger charge is -2.15. The van der Waals surface area contributed by atoms with Gasteiger partial charge in [0.15, 0.2) is 0 Å². The van der Waals surface area contributed by atoms with Crippen LogP contribution in [0.4, 0.5) is 0 Å². The van der Waals surface area contributed by atoms with Gasteiger partial charge in [0.1, 0.15) is 0 Å². The summed E-state index contributed by atoms with van der Waals surface area (Å²) in [5.41, 5.74) is 1.34. The first-order valence-corrected chi connectivity index (χ1v) is 6.06. The Labute approximate surface area is 84.1 Å². The molecule has 0 spiro atoms. The van der Waals surface area contributed by atoms with Crippen molar-refractivity contribution in [2.45, 2.75) is 66.7 Å². The molecule has 0 radical (unpaired) electrons. The molecule has 1 saturated carbocycles. The second-order valence-corrected chi connectivity index (χ2v) is 5.28. The quantitative estimate of drug-likeness (QED) is 0.581. The molecule has 0 amide bonds. The standard InChI is InChI=1S/C13H26/c1-6-9-11-12(4,8-3)13(11,5)10-7-2/h11H,6-10H2,1-5H3. The van der Waals surface area contributed by atoms with Crippen LogP contribution in [0, 0.1) is 16.7 Å². The summed E-state index contributed by atoms with van der Waals surface area (Å²) in [6.07, 6.45) is 6.96. The molecule has 0 N–H and O–H groups in total. The SMILES string of the molecule is CCCC1C(C)(CC)C1(C)CCC. The predicted octanol–water partition coefficient (Wildman–Crippen LogP) is 4.64. The lowest BCUT2D eigenvalue weighted by Crippen LogP contribution is -2.05. The van der Waals surface area contributed by atoms with Crippen molar-refractivity contribution in [3.05, 3.63) is 0 Å². The Morgan fingerprint density at radius 2 is 1.54 bits per heavy atom. The van der Waals surface area contributed by atoms with E-state index in [2.05, 4.69) is 34.6 Å². The minimum absolute atomic E-state index is 0.666. The van der Waals surface area contributed by atoms with Gasteiger partial charge in [0.2, 0.25) is 0 Å². The van der Waals surface area contributed by atoms with E-state index in [0.717, 1.165) is 5.92 Å². The van der Waals surface area contributed by atoms with Crippen LogP contribution in [-0.2, 0) is 0 Å². The summed E-state index contributed by atoms with van der Waals surface area (Å²) in [7, 11) is 0. The number of rotatable bonds is 5. The third-order valence-electron chi connectivity index (χ3n) is 4.84. The van der Waals surface area contributed by atoms with E-state index < -0.39 is 0 Å². The molecular formula is C13H26. The van der Waals surface area contributed by atoms with Crippen molar-refractivity contribution in [2.24, 2.45) is 16.7 Å². The lowest BCUT2D eigenvalue weighted by atomic mass is 9.90. The summed E-state index contributed by atoms with van der Waals surface area (Å²) in [5, 5.41) is 0. The van der Waals surface area contributed by atoms with E-state index in [9.17, 15) is 0 Å². The third kappa shape index (κ3) is 1.43. The molecule has 1 aliphatic carbocycles. The molecule has 3 unspecified atom stereocenters. The van der Waals surface area contributed by atoms with Gasteiger partial charge in [-0.3, -0.25) is 0 Å². The molecule has 0 bridgehead atoms. The Morgan fingerprint density at radius 1 is 0.923 bits per heavy atom. The zero-order valence-electron chi connectivity index (χ0n) is 10.1. The highest BCUT2D eigenvalue weighted by atomic mass is 14.7. The van der Waals surface area contributed by atoms with Gasteiger partial charge in [-0.1, -0.05) is 47.5 Å². The Hall–Kier alpha value is 0. The molecule has 13 heavy (non-hydrogen) atoms. The van der Waals surface area contributed by atoms with Crippen molar-refractivity contribution in [2.75, 3.05) is 0 Å². The molecule has 1 rings (SSSR count). The normalized spacial score (nSPS) is 43.6. The fourth-order valence-electron chi connectivity index (χ4n) is 3.63. The Bertz CT molecular complexity index is 173. The summed E-state index contributed by atoms with van der Waals surface area (Å²) in [6, 6.07) is 0. The van der Waals surface area contributed by atoms with Crippen molar-refractivity contribution in [1.82, 2.24) is 0 Å². The van der Waals surface area contributed by atoms with E-state index >= 15 is 0 Å². The van der Waals surface area contributed by atoms with Crippen LogP contribution < -0.4 is 0 Å². The van der Waals surface area contributed by atoms with Crippen molar-refractivity contribution >= 4 is 0 Å². The average Bonchev–Trinajstić information content (AvgIpc) is 2.55. The monoisotopic (exact) mass is 182 g/mol. The maximum absolute atomic E-state index is 2.51. The molecule has 0 saturated heterocycles. The summed E-state index contributed by atoms with van der Waals surface area (Å²) in [4.78, 5) is 0. The smallest absolute Gasteiger partial charge is 0.0236 e. The van der Waals surface area contributed by atoms with E-state index in [-0.39, 0.29) is 0 Å². The molecule has 0 aromatic heterocycles. The van der Waals surface area contributed by atoms with Crippen LogP contribution in [-0.4, -0.2) is 0 Å². The van der Waals surface area contributed by atoms with Gasteiger partial charge in [0, 0.05) is 0 Å². The zero-order valence-corrected chi connectivity index (χ0v) is 10.1. The van der Waals surface area contributed by atoms with Crippen LogP contribution in [0.5, 0.6) is 0 Å². The van der Waals surface area contributed by atoms with Crippen molar-refractivity contribution < 1.29 is 0 Å². The number of hydrogen-bond acceptors (Lipinski definition) is 0. The predicted molar refractivity (Wildman–Crippen MR) is 59.8 cm³/mol. The second kappa shape index (κ2) is 3.63. The molecule has 0 nitrogen and oxygen atoms in total. The maximum Gasteiger partial charge on any atom is -0.0236 e. The fourth-order valence-corrected chi connectivity index (χ4v) is 3.63. The van der Waals surface area contributed by atoms with Gasteiger partial charge in [0.05, 0.1) is 0 Å². The highest BCUT2D eigenvalue weighted by Crippen LogP contribution is 2.74. The molecular weight excluding hydrogens is 156 g/mol. The van der Waals surface area contributed by atoms with E-state index in [4.69, 9.17) is 0 Å². The van der Waals surface area contributed by atoms with Gasteiger partial charge in [0.25, 0.3) is 0 Å². The molecule has 1 aliphatic rings. The fraction of sp³-hybridized carbons (Fsp3) is 1.00. The van der Waals surface area contributed by atoms with Gasteiger partial charge < -0.3 is 0 Å². The summed E-state index contributed by atoms with van der Waals surface area (Å²) >= 11 is 0. The van der Waals surface area contributed by atoms with Gasteiger partial charge in [-0.2, -0.15) is 0 Å².